The average Bonchev–Trinajstić information content (AvgIpc) is 3.25. The first-order valence-electron chi connectivity index (χ1n) is 9.94. The van der Waals surface area contributed by atoms with Crippen molar-refractivity contribution < 1.29 is 14.4 Å². The molecule has 2 saturated heterocycles. The molecule has 6 nitrogen and oxygen atoms in total. The Morgan fingerprint density at radius 2 is 1.88 bits per heavy atom. The number of hydrogen-bond donors (Lipinski definition) is 1. The molecular formula is C19H29N3O3. The van der Waals surface area contributed by atoms with Crippen LogP contribution < -0.4 is 0 Å². The van der Waals surface area contributed by atoms with E-state index in [4.69, 9.17) is 9.26 Å². The minimum absolute atomic E-state index is 0.187. The Kier molecular flexibility index (Phi) is 4.32. The molecule has 2 aliphatic carbocycles. The van der Waals surface area contributed by atoms with E-state index in [1.807, 2.05) is 0 Å². The average molecular weight is 347 g/mol. The van der Waals surface area contributed by atoms with Gasteiger partial charge in [-0.3, -0.25) is 9.80 Å². The van der Waals surface area contributed by atoms with E-state index in [1.165, 1.54) is 12.8 Å². The number of fused-ring (bicyclic) bond motifs is 1. The fourth-order valence-electron chi connectivity index (χ4n) is 5.13. The zero-order valence-electron chi connectivity index (χ0n) is 14.8. The molecule has 0 aromatic carbocycles. The first-order chi connectivity index (χ1) is 12.3. The van der Waals surface area contributed by atoms with Crippen LogP contribution in [0.15, 0.2) is 10.6 Å². The van der Waals surface area contributed by atoms with Crippen molar-refractivity contribution in [1.29, 1.82) is 0 Å². The highest BCUT2D eigenvalue weighted by atomic mass is 16.5. The first-order valence-corrected chi connectivity index (χ1v) is 9.94. The molecule has 0 radical (unpaired) electrons. The van der Waals surface area contributed by atoms with Crippen molar-refractivity contribution in [3.8, 4) is 0 Å². The second-order valence-corrected chi connectivity index (χ2v) is 8.46. The van der Waals surface area contributed by atoms with Gasteiger partial charge in [-0.05, 0) is 37.5 Å². The van der Waals surface area contributed by atoms with Gasteiger partial charge in [0.25, 0.3) is 0 Å². The zero-order chi connectivity index (χ0) is 16.8. The normalized spacial score (nSPS) is 37.3. The maximum atomic E-state index is 10.7. The molecule has 1 aromatic heterocycles. The van der Waals surface area contributed by atoms with Gasteiger partial charge in [-0.1, -0.05) is 5.16 Å². The summed E-state index contributed by atoms with van der Waals surface area (Å²) in [6.45, 7) is 6.64. The molecule has 0 spiro atoms. The second kappa shape index (κ2) is 6.65. The molecular weight excluding hydrogens is 318 g/mol. The third kappa shape index (κ3) is 3.37. The highest BCUT2D eigenvalue weighted by molar-refractivity contribution is 5.14. The number of ether oxygens (including phenoxy) is 1. The fraction of sp³-hybridized carbons (Fsp3) is 0.842. The van der Waals surface area contributed by atoms with Gasteiger partial charge in [-0.2, -0.15) is 0 Å². The summed E-state index contributed by atoms with van der Waals surface area (Å²) in [5, 5.41) is 15.0. The minimum atomic E-state index is -0.187. The van der Waals surface area contributed by atoms with Crippen molar-refractivity contribution in [2.45, 2.75) is 50.3 Å². The number of rotatable bonds is 4. The summed E-state index contributed by atoms with van der Waals surface area (Å²) < 4.78 is 11.0. The van der Waals surface area contributed by atoms with E-state index < -0.39 is 0 Å². The summed E-state index contributed by atoms with van der Waals surface area (Å²) >= 11 is 0. The summed E-state index contributed by atoms with van der Waals surface area (Å²) in [6, 6.07) is 2.48. The Bertz CT molecular complexity index is 596. The van der Waals surface area contributed by atoms with Crippen molar-refractivity contribution in [3.63, 3.8) is 0 Å². The van der Waals surface area contributed by atoms with E-state index in [1.54, 1.807) is 0 Å². The van der Waals surface area contributed by atoms with Gasteiger partial charge in [0.05, 0.1) is 25.0 Å². The van der Waals surface area contributed by atoms with E-state index in [2.05, 4.69) is 21.0 Å². The lowest BCUT2D eigenvalue weighted by Crippen LogP contribution is -2.53. The van der Waals surface area contributed by atoms with Crippen LogP contribution in [0.2, 0.25) is 0 Å². The molecule has 138 valence electrons. The summed E-state index contributed by atoms with van der Waals surface area (Å²) in [5.41, 5.74) is 1.07. The lowest BCUT2D eigenvalue weighted by Gasteiger charge is -2.43. The van der Waals surface area contributed by atoms with Crippen LogP contribution in [-0.4, -0.2) is 71.6 Å². The molecule has 2 saturated carbocycles. The molecule has 4 fully saturated rings. The van der Waals surface area contributed by atoms with E-state index in [9.17, 15) is 5.11 Å². The molecule has 1 N–H and O–H groups in total. The summed E-state index contributed by atoms with van der Waals surface area (Å²) in [7, 11) is 0. The maximum absolute atomic E-state index is 10.7. The molecule has 3 heterocycles. The van der Waals surface area contributed by atoms with Gasteiger partial charge in [0.1, 0.15) is 5.76 Å². The van der Waals surface area contributed by atoms with Crippen molar-refractivity contribution >= 4 is 0 Å². The van der Waals surface area contributed by atoms with Crippen LogP contribution in [0.5, 0.6) is 0 Å². The SMILES string of the molecule is O[C@@H]1C[C@H]2CN(Cc3cc(C4CC4)on3)C[C@H]2C[C@H]1N1CCOCC1. The topological polar surface area (TPSA) is 62.0 Å². The molecule has 6 heteroatoms. The maximum Gasteiger partial charge on any atom is 0.140 e. The van der Waals surface area contributed by atoms with Crippen molar-refractivity contribution in [3.05, 3.63) is 17.5 Å². The predicted molar refractivity (Wildman–Crippen MR) is 92.2 cm³/mol. The number of aromatic nitrogens is 1. The van der Waals surface area contributed by atoms with Gasteiger partial charge < -0.3 is 14.4 Å². The largest absolute Gasteiger partial charge is 0.391 e. The number of aliphatic hydroxyl groups excluding tert-OH is 1. The Balaban J connectivity index is 1.20. The number of aliphatic hydroxyl groups is 1. The lowest BCUT2D eigenvalue weighted by atomic mass is 9.77. The molecule has 5 rings (SSSR count). The quantitative estimate of drug-likeness (QED) is 0.890. The number of hydrogen-bond acceptors (Lipinski definition) is 6. The van der Waals surface area contributed by atoms with E-state index in [0.717, 1.165) is 70.2 Å². The molecule has 4 atom stereocenters. The zero-order valence-corrected chi connectivity index (χ0v) is 14.8. The highest BCUT2D eigenvalue weighted by Crippen LogP contribution is 2.41. The summed E-state index contributed by atoms with van der Waals surface area (Å²) in [6.07, 6.45) is 4.38. The monoisotopic (exact) mass is 347 g/mol. The van der Waals surface area contributed by atoms with Crippen LogP contribution in [0.3, 0.4) is 0 Å². The smallest absolute Gasteiger partial charge is 0.140 e. The van der Waals surface area contributed by atoms with Gasteiger partial charge in [-0.15, -0.1) is 0 Å². The Morgan fingerprint density at radius 3 is 2.64 bits per heavy atom. The molecule has 0 amide bonds. The molecule has 4 aliphatic rings. The van der Waals surface area contributed by atoms with Crippen LogP contribution in [0.4, 0.5) is 0 Å². The fourth-order valence-corrected chi connectivity index (χ4v) is 5.13. The van der Waals surface area contributed by atoms with Crippen molar-refractivity contribution in [1.82, 2.24) is 15.0 Å². The van der Waals surface area contributed by atoms with Crippen LogP contribution in [-0.2, 0) is 11.3 Å². The molecule has 1 aromatic rings. The lowest BCUT2D eigenvalue weighted by molar-refractivity contribution is -0.0520. The van der Waals surface area contributed by atoms with Crippen molar-refractivity contribution in [2.24, 2.45) is 11.8 Å². The summed E-state index contributed by atoms with van der Waals surface area (Å²) in [4.78, 5) is 4.96. The van der Waals surface area contributed by atoms with Crippen LogP contribution >= 0.6 is 0 Å². The molecule has 2 aliphatic heterocycles. The number of likely N-dealkylation sites (tertiary alicyclic amines) is 1. The third-order valence-corrected chi connectivity index (χ3v) is 6.64. The summed E-state index contributed by atoms with van der Waals surface area (Å²) in [5.74, 6) is 3.04. The Morgan fingerprint density at radius 1 is 1.12 bits per heavy atom. The standard InChI is InChI=1S/C19H29N3O3/c23-18-8-15-11-21(12-16-9-19(25-20-16)13-1-2-13)10-14(15)7-17(18)22-3-5-24-6-4-22/h9,13-15,17-18,23H,1-8,10-12H2/t14-,15+,17-,18-/m1/s1. The Hall–Kier alpha value is -0.950. The third-order valence-electron chi connectivity index (χ3n) is 6.64. The van der Waals surface area contributed by atoms with Crippen LogP contribution in [0.25, 0.3) is 0 Å². The second-order valence-electron chi connectivity index (χ2n) is 8.46. The van der Waals surface area contributed by atoms with Crippen LogP contribution in [0.1, 0.15) is 43.1 Å². The molecule has 0 unspecified atom stereocenters. The van der Waals surface area contributed by atoms with E-state index in [-0.39, 0.29) is 6.10 Å². The van der Waals surface area contributed by atoms with Crippen LogP contribution in [0, 0.1) is 11.8 Å². The van der Waals surface area contributed by atoms with Gasteiger partial charge >= 0.3 is 0 Å². The number of morpholine rings is 1. The van der Waals surface area contributed by atoms with Gasteiger partial charge in [-0.25, -0.2) is 0 Å². The van der Waals surface area contributed by atoms with Gasteiger partial charge in [0, 0.05) is 50.7 Å². The van der Waals surface area contributed by atoms with E-state index >= 15 is 0 Å². The minimum Gasteiger partial charge on any atom is -0.391 e. The number of nitrogens with zero attached hydrogens (tertiary/aromatic N) is 3. The predicted octanol–water partition coefficient (Wildman–Crippen LogP) is 1.46. The highest BCUT2D eigenvalue weighted by Gasteiger charge is 2.43. The van der Waals surface area contributed by atoms with E-state index in [0.29, 0.717) is 23.8 Å². The first kappa shape index (κ1) is 16.2. The molecule has 25 heavy (non-hydrogen) atoms. The van der Waals surface area contributed by atoms with Gasteiger partial charge in [0.15, 0.2) is 0 Å². The molecule has 0 bridgehead atoms. The Labute approximate surface area is 149 Å². The van der Waals surface area contributed by atoms with Gasteiger partial charge in [0.2, 0.25) is 0 Å². The van der Waals surface area contributed by atoms with Crippen molar-refractivity contribution in [2.75, 3.05) is 39.4 Å².